The summed E-state index contributed by atoms with van der Waals surface area (Å²) in [5, 5.41) is 0. The number of hydrogen-bond donors (Lipinski definition) is 1. The Hall–Kier alpha value is -1.10. The molecule has 0 fully saturated rings. The molecule has 0 saturated carbocycles. The maximum atomic E-state index is 5.92. The van der Waals surface area contributed by atoms with Gasteiger partial charge in [0.2, 0.25) is 0 Å². The lowest BCUT2D eigenvalue weighted by Gasteiger charge is -2.18. The molecule has 2 N–H and O–H groups in total. The van der Waals surface area contributed by atoms with Gasteiger partial charge in [-0.2, -0.15) is 0 Å². The number of thiophene rings is 1. The second kappa shape index (κ2) is 5.69. The number of anilines is 1. The highest BCUT2D eigenvalue weighted by molar-refractivity contribution is 7.16. The molecule has 2 aromatic heterocycles. The highest BCUT2D eigenvalue weighted by Crippen LogP contribution is 2.24. The van der Waals surface area contributed by atoms with Gasteiger partial charge < -0.3 is 10.6 Å². The van der Waals surface area contributed by atoms with Gasteiger partial charge >= 0.3 is 0 Å². The quantitative estimate of drug-likeness (QED) is 0.933. The van der Waals surface area contributed by atoms with Gasteiger partial charge in [-0.1, -0.05) is 11.6 Å². The summed E-state index contributed by atoms with van der Waals surface area (Å²) in [5.74, 6) is 0. The lowest BCUT2D eigenvalue weighted by molar-refractivity contribution is 0.779. The molecule has 5 heteroatoms. The summed E-state index contributed by atoms with van der Waals surface area (Å²) in [6, 6.07) is 7.96. The summed E-state index contributed by atoms with van der Waals surface area (Å²) in [6.45, 7) is 2.76. The first kappa shape index (κ1) is 13.3. The zero-order valence-electron chi connectivity index (χ0n) is 10.4. The van der Waals surface area contributed by atoms with Crippen LogP contribution in [0.4, 0.5) is 5.69 Å². The van der Waals surface area contributed by atoms with E-state index in [2.05, 4.69) is 9.88 Å². The second-order valence-corrected chi connectivity index (χ2v) is 6.09. The molecule has 0 amide bonds. The van der Waals surface area contributed by atoms with E-state index < -0.39 is 0 Å². The first-order valence-corrected chi connectivity index (χ1v) is 6.92. The minimum absolute atomic E-state index is 0.0274. The summed E-state index contributed by atoms with van der Waals surface area (Å²) >= 11 is 7.52. The van der Waals surface area contributed by atoms with E-state index in [-0.39, 0.29) is 6.04 Å². The summed E-state index contributed by atoms with van der Waals surface area (Å²) < 4.78 is 0.823. The van der Waals surface area contributed by atoms with Gasteiger partial charge in [0.25, 0.3) is 0 Å². The molecule has 0 bridgehead atoms. The molecule has 3 nitrogen and oxygen atoms in total. The average Bonchev–Trinajstić information content (AvgIpc) is 2.75. The molecule has 0 aromatic carbocycles. The molecule has 0 aliphatic carbocycles. The first-order chi connectivity index (χ1) is 8.56. The van der Waals surface area contributed by atoms with E-state index in [0.717, 1.165) is 22.3 Å². The number of rotatable bonds is 4. The Balaban J connectivity index is 2.06. The molecule has 1 atom stereocenters. The third kappa shape index (κ3) is 3.22. The van der Waals surface area contributed by atoms with Gasteiger partial charge in [0.15, 0.2) is 0 Å². The van der Waals surface area contributed by atoms with Crippen LogP contribution in [-0.4, -0.2) is 12.0 Å². The molecule has 2 heterocycles. The van der Waals surface area contributed by atoms with Crippen molar-refractivity contribution in [3.8, 4) is 0 Å². The largest absolute Gasteiger partial charge is 0.368 e. The molecule has 0 aliphatic heterocycles. The van der Waals surface area contributed by atoms with Crippen LogP contribution in [0.15, 0.2) is 30.5 Å². The van der Waals surface area contributed by atoms with Gasteiger partial charge in [-0.05, 0) is 31.2 Å². The lowest BCUT2D eigenvalue weighted by Crippen LogP contribution is -2.16. The predicted molar refractivity (Wildman–Crippen MR) is 78.3 cm³/mol. The van der Waals surface area contributed by atoms with Crippen LogP contribution in [0.25, 0.3) is 0 Å². The summed E-state index contributed by atoms with van der Waals surface area (Å²) in [7, 11) is 2.04. The van der Waals surface area contributed by atoms with Gasteiger partial charge in [0.05, 0.1) is 28.5 Å². The van der Waals surface area contributed by atoms with Crippen molar-refractivity contribution in [1.82, 2.24) is 4.98 Å². The second-order valence-electron chi connectivity index (χ2n) is 4.29. The van der Waals surface area contributed by atoms with Crippen molar-refractivity contribution in [2.75, 3.05) is 11.9 Å². The van der Waals surface area contributed by atoms with Gasteiger partial charge in [-0.25, -0.2) is 0 Å². The van der Waals surface area contributed by atoms with Gasteiger partial charge in [-0.3, -0.25) is 4.98 Å². The number of aromatic nitrogens is 1. The van der Waals surface area contributed by atoms with E-state index in [1.54, 1.807) is 11.3 Å². The van der Waals surface area contributed by atoms with E-state index in [1.807, 2.05) is 44.4 Å². The average molecular weight is 282 g/mol. The maximum absolute atomic E-state index is 5.92. The number of halogens is 1. The van der Waals surface area contributed by atoms with E-state index in [9.17, 15) is 0 Å². The van der Waals surface area contributed by atoms with Crippen molar-refractivity contribution in [2.24, 2.45) is 5.73 Å². The Kier molecular flexibility index (Phi) is 4.22. The zero-order chi connectivity index (χ0) is 13.1. The normalized spacial score (nSPS) is 12.4. The molecular weight excluding hydrogens is 266 g/mol. The Bertz CT molecular complexity index is 507. The van der Waals surface area contributed by atoms with Gasteiger partial charge in [0, 0.05) is 18.0 Å². The summed E-state index contributed by atoms with van der Waals surface area (Å²) in [4.78, 5) is 7.73. The Labute approximate surface area is 116 Å². The maximum Gasteiger partial charge on any atom is 0.0931 e. The van der Waals surface area contributed by atoms with E-state index in [1.165, 1.54) is 4.88 Å². The van der Waals surface area contributed by atoms with Crippen LogP contribution in [0.5, 0.6) is 0 Å². The van der Waals surface area contributed by atoms with Crippen LogP contribution in [0, 0.1) is 0 Å². The highest BCUT2D eigenvalue weighted by Gasteiger charge is 2.06. The molecule has 0 aliphatic rings. The van der Waals surface area contributed by atoms with Crippen molar-refractivity contribution >= 4 is 28.6 Å². The fourth-order valence-corrected chi connectivity index (χ4v) is 2.80. The molecule has 0 radical (unpaired) electrons. The van der Waals surface area contributed by atoms with Crippen LogP contribution in [0.2, 0.25) is 4.34 Å². The van der Waals surface area contributed by atoms with Crippen molar-refractivity contribution in [1.29, 1.82) is 0 Å². The smallest absolute Gasteiger partial charge is 0.0931 e. The molecule has 18 heavy (non-hydrogen) atoms. The zero-order valence-corrected chi connectivity index (χ0v) is 12.0. The number of pyridine rings is 1. The number of nitrogens with two attached hydrogens (primary N) is 1. The number of nitrogens with zero attached hydrogens (tertiary/aromatic N) is 2. The fraction of sp³-hybridized carbons (Fsp3) is 0.308. The van der Waals surface area contributed by atoms with Gasteiger partial charge in [-0.15, -0.1) is 11.3 Å². The van der Waals surface area contributed by atoms with Crippen LogP contribution < -0.4 is 10.6 Å². The van der Waals surface area contributed by atoms with E-state index >= 15 is 0 Å². The number of hydrogen-bond acceptors (Lipinski definition) is 4. The SMILES string of the molecule is C[C@@H](N)c1ccc(N(C)Cc2ccc(Cl)s2)cn1. The van der Waals surface area contributed by atoms with Gasteiger partial charge in [0.1, 0.15) is 0 Å². The minimum Gasteiger partial charge on any atom is -0.368 e. The van der Waals surface area contributed by atoms with Crippen LogP contribution >= 0.6 is 22.9 Å². The molecule has 0 spiro atoms. The third-order valence-electron chi connectivity index (χ3n) is 2.70. The lowest BCUT2D eigenvalue weighted by atomic mass is 10.2. The van der Waals surface area contributed by atoms with Crippen molar-refractivity contribution in [3.63, 3.8) is 0 Å². The van der Waals surface area contributed by atoms with E-state index in [0.29, 0.717) is 0 Å². The van der Waals surface area contributed by atoms with Crippen LogP contribution in [0.1, 0.15) is 23.5 Å². The Morgan fingerprint density at radius 2 is 2.17 bits per heavy atom. The molecule has 0 saturated heterocycles. The summed E-state index contributed by atoms with van der Waals surface area (Å²) in [6.07, 6.45) is 1.86. The molecule has 2 rings (SSSR count). The third-order valence-corrected chi connectivity index (χ3v) is 3.92. The van der Waals surface area contributed by atoms with Crippen LogP contribution in [-0.2, 0) is 6.54 Å². The topological polar surface area (TPSA) is 42.1 Å². The minimum atomic E-state index is -0.0274. The molecule has 96 valence electrons. The first-order valence-electron chi connectivity index (χ1n) is 5.73. The highest BCUT2D eigenvalue weighted by atomic mass is 35.5. The van der Waals surface area contributed by atoms with E-state index in [4.69, 9.17) is 17.3 Å². The Morgan fingerprint density at radius 3 is 2.67 bits per heavy atom. The monoisotopic (exact) mass is 281 g/mol. The summed E-state index contributed by atoms with van der Waals surface area (Å²) in [5.41, 5.74) is 7.76. The van der Waals surface area contributed by atoms with Crippen molar-refractivity contribution < 1.29 is 0 Å². The predicted octanol–water partition coefficient (Wildman–Crippen LogP) is 3.45. The molecular formula is C13H16ClN3S. The standard InChI is InChI=1S/C13H16ClN3S/c1-9(15)12-5-3-10(7-16-12)17(2)8-11-4-6-13(14)18-11/h3-7,9H,8,15H2,1-2H3/t9-/m1/s1. The van der Waals surface area contributed by atoms with Crippen molar-refractivity contribution in [3.05, 3.63) is 45.4 Å². The van der Waals surface area contributed by atoms with Crippen molar-refractivity contribution in [2.45, 2.75) is 19.5 Å². The molecule has 2 aromatic rings. The Morgan fingerprint density at radius 1 is 1.39 bits per heavy atom. The van der Waals surface area contributed by atoms with Crippen LogP contribution in [0.3, 0.4) is 0 Å². The fourth-order valence-electron chi connectivity index (χ4n) is 1.65. The molecule has 0 unspecified atom stereocenters.